The molecule has 1 saturated carbocycles. The van der Waals surface area contributed by atoms with E-state index < -0.39 is 11.0 Å². The highest BCUT2D eigenvalue weighted by atomic mass is 19.1. The highest BCUT2D eigenvalue weighted by Gasteiger charge is 2.62. The Balaban J connectivity index is 1.63. The highest BCUT2D eigenvalue weighted by Crippen LogP contribution is 2.50. The second-order valence-electron chi connectivity index (χ2n) is 7.74. The predicted molar refractivity (Wildman–Crippen MR) is 107 cm³/mol. The molecule has 1 fully saturated rings. The van der Waals surface area contributed by atoms with Crippen LogP contribution in [0.3, 0.4) is 0 Å². The van der Waals surface area contributed by atoms with Gasteiger partial charge in [0.15, 0.2) is 0 Å². The quantitative estimate of drug-likeness (QED) is 0.757. The van der Waals surface area contributed by atoms with Crippen molar-refractivity contribution in [3.63, 3.8) is 0 Å². The maximum atomic E-state index is 13.2. The van der Waals surface area contributed by atoms with Crippen molar-refractivity contribution < 1.29 is 18.7 Å². The molecule has 2 aromatic rings. The van der Waals surface area contributed by atoms with E-state index in [9.17, 15) is 9.18 Å². The number of benzene rings is 2. The Kier molecular flexibility index (Phi) is 5.72. The number of anilines is 1. The first-order valence-corrected chi connectivity index (χ1v) is 9.45. The molecule has 3 N–H and O–H groups in total. The molecular formula is C22H27FN2O3. The number of rotatable bonds is 7. The summed E-state index contributed by atoms with van der Waals surface area (Å²) in [5.74, 6) is -0.120. The number of hydrogen-bond acceptors (Lipinski definition) is 4. The third-order valence-corrected chi connectivity index (χ3v) is 5.62. The van der Waals surface area contributed by atoms with Crippen LogP contribution in [0, 0.1) is 11.2 Å². The van der Waals surface area contributed by atoms with Gasteiger partial charge in [0.05, 0.1) is 6.10 Å². The minimum absolute atomic E-state index is 0.0285. The molecule has 0 heterocycles. The smallest absolute Gasteiger partial charge is 0.245 e. The van der Waals surface area contributed by atoms with Crippen molar-refractivity contribution in [1.29, 1.82) is 0 Å². The Morgan fingerprint density at radius 2 is 2.00 bits per heavy atom. The summed E-state index contributed by atoms with van der Waals surface area (Å²) in [4.78, 5) is 12.8. The molecular weight excluding hydrogens is 359 g/mol. The molecule has 0 spiro atoms. The molecule has 0 radical (unpaired) electrons. The van der Waals surface area contributed by atoms with Gasteiger partial charge in [0.1, 0.15) is 23.7 Å². The molecule has 1 aliphatic carbocycles. The Bertz CT molecular complexity index is 855. The van der Waals surface area contributed by atoms with E-state index in [1.165, 1.54) is 12.1 Å². The molecule has 2 atom stereocenters. The molecule has 2 aromatic carbocycles. The van der Waals surface area contributed by atoms with E-state index in [-0.39, 0.29) is 24.4 Å². The first-order chi connectivity index (χ1) is 13.3. The van der Waals surface area contributed by atoms with E-state index in [1.807, 2.05) is 39.0 Å². The van der Waals surface area contributed by atoms with Gasteiger partial charge < -0.3 is 20.5 Å². The number of amides is 1. The van der Waals surface area contributed by atoms with E-state index in [2.05, 4.69) is 5.32 Å². The zero-order valence-corrected chi connectivity index (χ0v) is 16.5. The minimum atomic E-state index is -0.985. The van der Waals surface area contributed by atoms with Gasteiger partial charge in [0, 0.05) is 30.2 Å². The van der Waals surface area contributed by atoms with Gasteiger partial charge in [-0.05, 0) is 36.8 Å². The molecule has 1 aliphatic rings. The zero-order valence-electron chi connectivity index (χ0n) is 16.5. The summed E-state index contributed by atoms with van der Waals surface area (Å²) in [5, 5.41) is 2.92. The fourth-order valence-electron chi connectivity index (χ4n) is 3.53. The average Bonchev–Trinajstić information content (AvgIpc) is 2.66. The van der Waals surface area contributed by atoms with Crippen molar-refractivity contribution in [3.05, 3.63) is 59.9 Å². The number of ether oxygens (including phenoxy) is 2. The molecule has 150 valence electrons. The number of halogens is 1. The Morgan fingerprint density at radius 1 is 1.25 bits per heavy atom. The van der Waals surface area contributed by atoms with Crippen molar-refractivity contribution in [2.75, 3.05) is 11.9 Å². The van der Waals surface area contributed by atoms with Gasteiger partial charge in [-0.2, -0.15) is 0 Å². The average molecular weight is 386 g/mol. The fraction of sp³-hybridized carbons (Fsp3) is 0.409. The molecule has 6 heteroatoms. The van der Waals surface area contributed by atoms with Gasteiger partial charge >= 0.3 is 0 Å². The number of nitrogens with one attached hydrogen (secondary N) is 1. The van der Waals surface area contributed by atoms with E-state index in [0.29, 0.717) is 24.5 Å². The van der Waals surface area contributed by atoms with Crippen LogP contribution in [-0.2, 0) is 16.1 Å². The van der Waals surface area contributed by atoms with Crippen molar-refractivity contribution >= 4 is 11.6 Å². The van der Waals surface area contributed by atoms with Gasteiger partial charge in [0.25, 0.3) is 0 Å². The third kappa shape index (κ3) is 3.88. The van der Waals surface area contributed by atoms with Crippen LogP contribution in [0.15, 0.2) is 48.5 Å². The van der Waals surface area contributed by atoms with Crippen molar-refractivity contribution in [2.45, 2.75) is 45.4 Å². The van der Waals surface area contributed by atoms with Gasteiger partial charge in [0.2, 0.25) is 5.91 Å². The normalized spacial score (nSPS) is 23.0. The van der Waals surface area contributed by atoms with Crippen LogP contribution in [0.1, 0.15) is 32.8 Å². The zero-order chi connectivity index (χ0) is 20.4. The molecule has 2 unspecified atom stereocenters. The molecule has 0 aromatic heterocycles. The predicted octanol–water partition coefficient (Wildman–Crippen LogP) is 3.88. The monoisotopic (exact) mass is 386 g/mol. The van der Waals surface area contributed by atoms with E-state index in [4.69, 9.17) is 15.2 Å². The van der Waals surface area contributed by atoms with Crippen molar-refractivity contribution in [3.8, 4) is 5.75 Å². The number of carbonyl (C=O) groups is 1. The molecule has 3 rings (SSSR count). The van der Waals surface area contributed by atoms with Crippen LogP contribution >= 0.6 is 0 Å². The number of carbonyl (C=O) groups excluding carboxylic acids is 1. The summed E-state index contributed by atoms with van der Waals surface area (Å²) in [5.41, 5.74) is 6.49. The fourth-order valence-corrected chi connectivity index (χ4v) is 3.53. The second kappa shape index (κ2) is 7.89. The van der Waals surface area contributed by atoms with Gasteiger partial charge in [-0.15, -0.1) is 0 Å². The number of hydrogen-bond donors (Lipinski definition) is 2. The van der Waals surface area contributed by atoms with Gasteiger partial charge in [-0.1, -0.05) is 32.0 Å². The van der Waals surface area contributed by atoms with Crippen LogP contribution < -0.4 is 15.8 Å². The third-order valence-electron chi connectivity index (χ3n) is 5.62. The summed E-state index contributed by atoms with van der Waals surface area (Å²) >= 11 is 0. The molecule has 1 amide bonds. The van der Waals surface area contributed by atoms with Crippen LogP contribution in [0.5, 0.6) is 5.75 Å². The minimum Gasteiger partial charge on any atom is -0.489 e. The van der Waals surface area contributed by atoms with Crippen LogP contribution in [-0.4, -0.2) is 24.2 Å². The largest absolute Gasteiger partial charge is 0.489 e. The first kappa shape index (κ1) is 20.3. The summed E-state index contributed by atoms with van der Waals surface area (Å²) < 4.78 is 24.5. The molecule has 28 heavy (non-hydrogen) atoms. The molecule has 0 aliphatic heterocycles. The lowest BCUT2D eigenvalue weighted by molar-refractivity contribution is -0.166. The summed E-state index contributed by atoms with van der Waals surface area (Å²) in [6.07, 6.45) is 0.460. The second-order valence-corrected chi connectivity index (χ2v) is 7.74. The number of nitrogens with two attached hydrogens (primary N) is 1. The van der Waals surface area contributed by atoms with E-state index >= 15 is 0 Å². The van der Waals surface area contributed by atoms with Crippen LogP contribution in [0.2, 0.25) is 0 Å². The summed E-state index contributed by atoms with van der Waals surface area (Å²) in [6, 6.07) is 13.3. The molecule has 0 bridgehead atoms. The lowest BCUT2D eigenvalue weighted by Crippen LogP contribution is -2.74. The van der Waals surface area contributed by atoms with Crippen LogP contribution in [0.25, 0.3) is 0 Å². The standard InChI is InChI=1S/C22H27FN2O3/c1-4-27-19-13-22(24,21(19,2)3)20(26)25-17-9-5-7-15(11-17)14-28-18-10-6-8-16(23)12-18/h5-12,19H,4,13-14,24H2,1-3H3,(H,25,26). The highest BCUT2D eigenvalue weighted by molar-refractivity contribution is 5.99. The molecule has 0 saturated heterocycles. The lowest BCUT2D eigenvalue weighted by atomic mass is 9.54. The first-order valence-electron chi connectivity index (χ1n) is 9.45. The van der Waals surface area contributed by atoms with Gasteiger partial charge in [-0.25, -0.2) is 4.39 Å². The SMILES string of the molecule is CCOC1CC(N)(C(=O)Nc2cccc(COc3cccc(F)c3)c2)C1(C)C. The maximum absolute atomic E-state index is 13.2. The van der Waals surface area contributed by atoms with Gasteiger partial charge in [-0.3, -0.25) is 4.79 Å². The molecule has 5 nitrogen and oxygen atoms in total. The Morgan fingerprint density at radius 3 is 2.68 bits per heavy atom. The van der Waals surface area contributed by atoms with E-state index in [0.717, 1.165) is 5.56 Å². The lowest BCUT2D eigenvalue weighted by Gasteiger charge is -2.57. The Hall–Kier alpha value is -2.44. The van der Waals surface area contributed by atoms with Crippen LogP contribution in [0.4, 0.5) is 10.1 Å². The maximum Gasteiger partial charge on any atom is 0.245 e. The summed E-state index contributed by atoms with van der Waals surface area (Å²) in [6.45, 7) is 6.71. The van der Waals surface area contributed by atoms with E-state index in [1.54, 1.807) is 18.2 Å². The summed E-state index contributed by atoms with van der Waals surface area (Å²) in [7, 11) is 0. The van der Waals surface area contributed by atoms with Crippen molar-refractivity contribution in [1.82, 2.24) is 0 Å². The topological polar surface area (TPSA) is 73.6 Å². The van der Waals surface area contributed by atoms with Crippen molar-refractivity contribution in [2.24, 2.45) is 11.1 Å². The Labute approximate surface area is 165 Å².